The SMILES string of the molecule is COc1ccc(OCC(=O)Nc2ccc(CC#N)cc2)c([N+](=O)[O-])c1. The first-order chi connectivity index (χ1) is 12.0. The van der Waals surface area contributed by atoms with Crippen LogP contribution < -0.4 is 14.8 Å². The number of rotatable bonds is 7. The summed E-state index contributed by atoms with van der Waals surface area (Å²) in [6.07, 6.45) is 0.290. The fourth-order valence-electron chi connectivity index (χ4n) is 2.03. The van der Waals surface area contributed by atoms with Crippen LogP contribution in [0.2, 0.25) is 0 Å². The third kappa shape index (κ3) is 4.94. The van der Waals surface area contributed by atoms with E-state index in [0.717, 1.165) is 5.56 Å². The Kier molecular flexibility index (Phi) is 5.90. The lowest BCUT2D eigenvalue weighted by Crippen LogP contribution is -2.20. The highest BCUT2D eigenvalue weighted by Crippen LogP contribution is 2.30. The van der Waals surface area contributed by atoms with E-state index in [-0.39, 0.29) is 18.0 Å². The number of nitrogens with zero attached hydrogens (tertiary/aromatic N) is 2. The van der Waals surface area contributed by atoms with E-state index in [9.17, 15) is 14.9 Å². The fraction of sp³-hybridized carbons (Fsp3) is 0.176. The van der Waals surface area contributed by atoms with Crippen LogP contribution in [0, 0.1) is 21.4 Å². The second-order valence-corrected chi connectivity index (χ2v) is 4.96. The highest BCUT2D eigenvalue weighted by Gasteiger charge is 2.17. The van der Waals surface area contributed by atoms with E-state index in [1.54, 1.807) is 24.3 Å². The third-order valence-electron chi connectivity index (χ3n) is 3.24. The Balaban J connectivity index is 1.98. The van der Waals surface area contributed by atoms with Crippen LogP contribution in [-0.2, 0) is 11.2 Å². The van der Waals surface area contributed by atoms with Crippen molar-refractivity contribution in [3.05, 3.63) is 58.1 Å². The first-order valence-corrected chi connectivity index (χ1v) is 7.24. The Morgan fingerprint density at radius 1 is 1.28 bits per heavy atom. The van der Waals surface area contributed by atoms with Crippen molar-refractivity contribution < 1.29 is 19.2 Å². The van der Waals surface area contributed by atoms with Gasteiger partial charge in [-0.25, -0.2) is 0 Å². The molecule has 0 bridgehead atoms. The number of carbonyl (C=O) groups is 1. The number of nitrogens with one attached hydrogen (secondary N) is 1. The lowest BCUT2D eigenvalue weighted by atomic mass is 10.1. The Morgan fingerprint density at radius 3 is 2.60 bits per heavy atom. The Hall–Kier alpha value is -3.60. The standard InChI is InChI=1S/C17H15N3O5/c1-24-14-6-7-16(15(10-14)20(22)23)25-11-17(21)19-13-4-2-12(3-5-13)8-9-18/h2-7,10H,8,11H2,1H3,(H,19,21). The van der Waals surface area contributed by atoms with Gasteiger partial charge in [0, 0.05) is 5.69 Å². The van der Waals surface area contributed by atoms with E-state index >= 15 is 0 Å². The molecule has 0 saturated carbocycles. The molecule has 25 heavy (non-hydrogen) atoms. The van der Waals surface area contributed by atoms with E-state index in [1.165, 1.54) is 25.3 Å². The lowest BCUT2D eigenvalue weighted by Gasteiger charge is -2.09. The number of amides is 1. The normalized spacial score (nSPS) is 9.76. The van der Waals surface area contributed by atoms with Gasteiger partial charge in [0.2, 0.25) is 0 Å². The number of hydrogen-bond acceptors (Lipinski definition) is 6. The minimum absolute atomic E-state index is 0.0229. The summed E-state index contributed by atoms with van der Waals surface area (Å²) in [7, 11) is 1.40. The molecule has 0 aliphatic heterocycles. The van der Waals surface area contributed by atoms with Gasteiger partial charge in [-0.1, -0.05) is 12.1 Å². The number of nitro groups is 1. The number of benzene rings is 2. The average Bonchev–Trinajstić information content (AvgIpc) is 2.61. The van der Waals surface area contributed by atoms with Gasteiger partial charge in [-0.05, 0) is 29.8 Å². The van der Waals surface area contributed by atoms with Crippen LogP contribution in [-0.4, -0.2) is 24.5 Å². The molecule has 8 heteroatoms. The predicted molar refractivity (Wildman–Crippen MR) is 89.5 cm³/mol. The second kappa shape index (κ2) is 8.31. The van der Waals surface area contributed by atoms with E-state index in [2.05, 4.69) is 5.32 Å². The number of nitriles is 1. The Morgan fingerprint density at radius 2 is 2.00 bits per heavy atom. The van der Waals surface area contributed by atoms with Gasteiger partial charge in [0.15, 0.2) is 12.4 Å². The third-order valence-corrected chi connectivity index (χ3v) is 3.24. The summed E-state index contributed by atoms with van der Waals surface area (Å²) in [6.45, 7) is -0.382. The number of ether oxygens (including phenoxy) is 2. The fourth-order valence-corrected chi connectivity index (χ4v) is 2.03. The van der Waals surface area contributed by atoms with Crippen LogP contribution in [0.15, 0.2) is 42.5 Å². The minimum Gasteiger partial charge on any atom is -0.496 e. The summed E-state index contributed by atoms with van der Waals surface area (Å²) in [4.78, 5) is 22.4. The van der Waals surface area contributed by atoms with Crippen LogP contribution in [0.1, 0.15) is 5.56 Å². The average molecular weight is 341 g/mol. The molecule has 0 unspecified atom stereocenters. The van der Waals surface area contributed by atoms with Crippen molar-refractivity contribution in [1.82, 2.24) is 0 Å². The largest absolute Gasteiger partial charge is 0.496 e. The van der Waals surface area contributed by atoms with Gasteiger partial charge in [-0.15, -0.1) is 0 Å². The number of methoxy groups -OCH3 is 1. The summed E-state index contributed by atoms with van der Waals surface area (Å²) < 4.78 is 10.2. The maximum atomic E-state index is 11.9. The number of anilines is 1. The molecular formula is C17H15N3O5. The number of nitro benzene ring substituents is 1. The van der Waals surface area contributed by atoms with Crippen molar-refractivity contribution in [2.75, 3.05) is 19.0 Å². The minimum atomic E-state index is -0.607. The molecule has 0 aliphatic rings. The highest BCUT2D eigenvalue weighted by molar-refractivity contribution is 5.91. The number of carbonyl (C=O) groups excluding carboxylic acids is 1. The van der Waals surface area contributed by atoms with Gasteiger partial charge in [-0.2, -0.15) is 5.26 Å². The molecule has 0 atom stereocenters. The van der Waals surface area contributed by atoms with Crippen molar-refractivity contribution in [3.63, 3.8) is 0 Å². The molecule has 2 aromatic rings. The van der Waals surface area contributed by atoms with Crippen molar-refractivity contribution >= 4 is 17.3 Å². The molecule has 0 aromatic heterocycles. The molecule has 2 aromatic carbocycles. The van der Waals surface area contributed by atoms with E-state index in [4.69, 9.17) is 14.7 Å². The molecule has 1 amide bonds. The molecule has 128 valence electrons. The summed E-state index contributed by atoms with van der Waals surface area (Å²) in [5.74, 6) is -0.163. The topological polar surface area (TPSA) is 114 Å². The van der Waals surface area contributed by atoms with Gasteiger partial charge in [0.05, 0.1) is 30.6 Å². The zero-order valence-electron chi connectivity index (χ0n) is 13.4. The van der Waals surface area contributed by atoms with Gasteiger partial charge < -0.3 is 14.8 Å². The van der Waals surface area contributed by atoms with E-state index < -0.39 is 10.8 Å². The predicted octanol–water partition coefficient (Wildman–Crippen LogP) is 2.69. The zero-order chi connectivity index (χ0) is 18.2. The van der Waals surface area contributed by atoms with Gasteiger partial charge in [0.1, 0.15) is 5.75 Å². The maximum absolute atomic E-state index is 11.9. The van der Waals surface area contributed by atoms with Crippen LogP contribution >= 0.6 is 0 Å². The first kappa shape index (κ1) is 17.7. The highest BCUT2D eigenvalue weighted by atomic mass is 16.6. The summed E-state index contributed by atoms with van der Waals surface area (Å²) in [5.41, 5.74) is 1.10. The van der Waals surface area contributed by atoms with Crippen LogP contribution in [0.3, 0.4) is 0 Å². The van der Waals surface area contributed by atoms with Crippen molar-refractivity contribution in [2.24, 2.45) is 0 Å². The van der Waals surface area contributed by atoms with Crippen LogP contribution in [0.25, 0.3) is 0 Å². The molecule has 0 fully saturated rings. The van der Waals surface area contributed by atoms with Crippen LogP contribution in [0.5, 0.6) is 11.5 Å². The molecule has 1 N–H and O–H groups in total. The molecular weight excluding hydrogens is 326 g/mol. The van der Waals surface area contributed by atoms with Gasteiger partial charge >= 0.3 is 5.69 Å². The maximum Gasteiger partial charge on any atom is 0.314 e. The van der Waals surface area contributed by atoms with Crippen molar-refractivity contribution in [1.29, 1.82) is 5.26 Å². The molecule has 0 aliphatic carbocycles. The smallest absolute Gasteiger partial charge is 0.314 e. The second-order valence-electron chi connectivity index (χ2n) is 4.96. The molecule has 0 saturated heterocycles. The van der Waals surface area contributed by atoms with E-state index in [1.807, 2.05) is 6.07 Å². The molecule has 8 nitrogen and oxygen atoms in total. The molecule has 2 rings (SSSR count). The lowest BCUT2D eigenvalue weighted by molar-refractivity contribution is -0.385. The Labute approximate surface area is 143 Å². The quantitative estimate of drug-likeness (QED) is 0.611. The number of hydrogen-bond donors (Lipinski definition) is 1. The monoisotopic (exact) mass is 341 g/mol. The summed E-state index contributed by atoms with van der Waals surface area (Å²) in [6, 6.07) is 12.9. The molecule has 0 heterocycles. The van der Waals surface area contributed by atoms with Gasteiger partial charge in [0.25, 0.3) is 5.91 Å². The van der Waals surface area contributed by atoms with Gasteiger partial charge in [-0.3, -0.25) is 14.9 Å². The zero-order valence-corrected chi connectivity index (χ0v) is 13.4. The van der Waals surface area contributed by atoms with Crippen LogP contribution in [0.4, 0.5) is 11.4 Å². The molecule has 0 spiro atoms. The van der Waals surface area contributed by atoms with Crippen molar-refractivity contribution in [3.8, 4) is 17.6 Å². The summed E-state index contributed by atoms with van der Waals surface area (Å²) in [5, 5.41) is 22.3. The molecule has 0 radical (unpaired) electrons. The van der Waals surface area contributed by atoms with E-state index in [0.29, 0.717) is 17.9 Å². The Bertz CT molecular complexity index is 812. The first-order valence-electron chi connectivity index (χ1n) is 7.24. The summed E-state index contributed by atoms with van der Waals surface area (Å²) >= 11 is 0. The van der Waals surface area contributed by atoms with Crippen molar-refractivity contribution in [2.45, 2.75) is 6.42 Å².